The van der Waals surface area contributed by atoms with Gasteiger partial charge in [-0.1, -0.05) is 6.07 Å². The number of amides is 1. The molecule has 0 bridgehead atoms. The molecule has 0 aliphatic heterocycles. The zero-order valence-corrected chi connectivity index (χ0v) is 17.1. The van der Waals surface area contributed by atoms with Crippen LogP contribution >= 0.6 is 0 Å². The summed E-state index contributed by atoms with van der Waals surface area (Å²) in [6, 6.07) is 10.7. The van der Waals surface area contributed by atoms with Crippen LogP contribution in [0.2, 0.25) is 0 Å². The van der Waals surface area contributed by atoms with Gasteiger partial charge in [0.1, 0.15) is 5.75 Å². The molecule has 3 aromatic rings. The number of hydrogen-bond donors (Lipinski definition) is 1. The lowest BCUT2D eigenvalue weighted by Crippen LogP contribution is -2.34. The molecule has 8 heteroatoms. The van der Waals surface area contributed by atoms with E-state index in [1.807, 2.05) is 52.0 Å². The summed E-state index contributed by atoms with van der Waals surface area (Å²) in [5.74, 6) is 0.948. The number of aromatic nitrogens is 4. The predicted molar refractivity (Wildman–Crippen MR) is 110 cm³/mol. The summed E-state index contributed by atoms with van der Waals surface area (Å²) in [4.78, 5) is 24.1. The third-order valence-electron chi connectivity index (χ3n) is 4.57. The lowest BCUT2D eigenvalue weighted by molar-refractivity contribution is -0.123. The summed E-state index contributed by atoms with van der Waals surface area (Å²) >= 11 is 0. The van der Waals surface area contributed by atoms with Crippen LogP contribution in [-0.2, 0) is 11.3 Å². The highest BCUT2D eigenvalue weighted by atomic mass is 16.5. The SMILES string of the molecule is Cc1cc(C)n(-c2ccc(=O)n(CCNC(=O)COc3ccc(C)c(C)c3)n2)n1. The standard InChI is InChI=1S/C21H25N5O3/c1-14-5-6-18(11-15(14)2)29-13-20(27)22-9-10-25-21(28)8-7-19(24-25)26-17(4)12-16(3)23-26/h5-8,11-12H,9-10,13H2,1-4H3,(H,22,27). The van der Waals surface area contributed by atoms with Crippen LogP contribution in [-0.4, -0.2) is 38.6 Å². The molecule has 8 nitrogen and oxygen atoms in total. The summed E-state index contributed by atoms with van der Waals surface area (Å²) in [6.07, 6.45) is 0. The third-order valence-corrected chi connectivity index (χ3v) is 4.57. The fourth-order valence-electron chi connectivity index (χ4n) is 2.88. The van der Waals surface area contributed by atoms with Crippen LogP contribution in [0.4, 0.5) is 0 Å². The van der Waals surface area contributed by atoms with Gasteiger partial charge in [0.05, 0.1) is 12.2 Å². The summed E-state index contributed by atoms with van der Waals surface area (Å²) in [5.41, 5.74) is 3.84. The van der Waals surface area contributed by atoms with Crippen molar-refractivity contribution in [2.45, 2.75) is 34.2 Å². The molecule has 0 saturated heterocycles. The van der Waals surface area contributed by atoms with Crippen LogP contribution in [0.5, 0.6) is 5.75 Å². The van der Waals surface area contributed by atoms with E-state index < -0.39 is 0 Å². The first-order chi connectivity index (χ1) is 13.8. The number of carbonyl (C=O) groups excluding carboxylic acids is 1. The van der Waals surface area contributed by atoms with E-state index in [9.17, 15) is 9.59 Å². The second kappa shape index (κ2) is 8.72. The van der Waals surface area contributed by atoms with Crippen LogP contribution in [0.1, 0.15) is 22.5 Å². The molecule has 1 N–H and O–H groups in total. The molecule has 3 rings (SSSR count). The Balaban J connectivity index is 1.55. The zero-order valence-electron chi connectivity index (χ0n) is 17.1. The van der Waals surface area contributed by atoms with E-state index >= 15 is 0 Å². The molecular weight excluding hydrogens is 370 g/mol. The Morgan fingerprint density at radius 1 is 1.03 bits per heavy atom. The number of carbonyl (C=O) groups is 1. The average molecular weight is 395 g/mol. The molecule has 0 radical (unpaired) electrons. The van der Waals surface area contributed by atoms with E-state index in [1.165, 1.54) is 16.3 Å². The van der Waals surface area contributed by atoms with Gasteiger partial charge in [-0.25, -0.2) is 9.36 Å². The van der Waals surface area contributed by atoms with Gasteiger partial charge in [0.2, 0.25) is 0 Å². The molecule has 0 saturated carbocycles. The highest BCUT2D eigenvalue weighted by Gasteiger charge is 2.08. The number of benzene rings is 1. The lowest BCUT2D eigenvalue weighted by atomic mass is 10.1. The topological polar surface area (TPSA) is 91.0 Å². The zero-order chi connectivity index (χ0) is 21.0. The average Bonchev–Trinajstić information content (AvgIpc) is 3.02. The Bertz CT molecular complexity index is 1080. The molecule has 0 aliphatic carbocycles. The van der Waals surface area contributed by atoms with E-state index in [-0.39, 0.29) is 31.2 Å². The quantitative estimate of drug-likeness (QED) is 0.659. The van der Waals surface area contributed by atoms with Crippen LogP contribution in [0.3, 0.4) is 0 Å². The molecule has 0 atom stereocenters. The normalized spacial score (nSPS) is 10.8. The highest BCUT2D eigenvalue weighted by Crippen LogP contribution is 2.16. The van der Waals surface area contributed by atoms with Gasteiger partial charge < -0.3 is 10.1 Å². The van der Waals surface area contributed by atoms with Crippen LogP contribution in [0.15, 0.2) is 41.2 Å². The number of aryl methyl sites for hydroxylation is 4. The van der Waals surface area contributed by atoms with Gasteiger partial charge in [0.15, 0.2) is 12.4 Å². The summed E-state index contributed by atoms with van der Waals surface area (Å²) in [7, 11) is 0. The van der Waals surface area contributed by atoms with E-state index in [2.05, 4.69) is 15.5 Å². The van der Waals surface area contributed by atoms with Crippen molar-refractivity contribution in [3.05, 3.63) is 69.3 Å². The largest absolute Gasteiger partial charge is 0.484 e. The fourth-order valence-corrected chi connectivity index (χ4v) is 2.88. The fraction of sp³-hybridized carbons (Fsp3) is 0.333. The van der Waals surface area contributed by atoms with Gasteiger partial charge in [-0.05, 0) is 63.1 Å². The maximum absolute atomic E-state index is 12.1. The minimum atomic E-state index is -0.258. The number of rotatable bonds is 7. The van der Waals surface area contributed by atoms with E-state index in [4.69, 9.17) is 4.74 Å². The smallest absolute Gasteiger partial charge is 0.266 e. The Hall–Kier alpha value is -3.42. The van der Waals surface area contributed by atoms with Crippen LogP contribution in [0.25, 0.3) is 5.82 Å². The first-order valence-electron chi connectivity index (χ1n) is 9.42. The summed E-state index contributed by atoms with van der Waals surface area (Å²) in [6.45, 7) is 8.27. The summed E-state index contributed by atoms with van der Waals surface area (Å²) in [5, 5.41) is 11.5. The number of nitrogens with one attached hydrogen (secondary N) is 1. The number of nitrogens with zero attached hydrogens (tertiary/aromatic N) is 4. The van der Waals surface area contributed by atoms with Gasteiger partial charge in [0, 0.05) is 18.3 Å². The molecule has 29 heavy (non-hydrogen) atoms. The molecule has 152 valence electrons. The molecular formula is C21H25N5O3. The molecule has 1 amide bonds. The summed E-state index contributed by atoms with van der Waals surface area (Å²) < 4.78 is 8.51. The van der Waals surface area contributed by atoms with Crippen molar-refractivity contribution < 1.29 is 9.53 Å². The van der Waals surface area contributed by atoms with E-state index in [1.54, 1.807) is 10.7 Å². The Morgan fingerprint density at radius 3 is 2.52 bits per heavy atom. The first kappa shape index (κ1) is 20.3. The second-order valence-electron chi connectivity index (χ2n) is 6.98. The molecule has 1 aromatic carbocycles. The van der Waals surface area contributed by atoms with Crippen molar-refractivity contribution in [2.75, 3.05) is 13.2 Å². The van der Waals surface area contributed by atoms with E-state index in [0.717, 1.165) is 17.0 Å². The van der Waals surface area contributed by atoms with Gasteiger partial charge >= 0.3 is 0 Å². The van der Waals surface area contributed by atoms with Crippen molar-refractivity contribution >= 4 is 5.91 Å². The van der Waals surface area contributed by atoms with Crippen molar-refractivity contribution in [3.8, 4) is 11.6 Å². The van der Waals surface area contributed by atoms with Gasteiger partial charge in [-0.3, -0.25) is 9.59 Å². The van der Waals surface area contributed by atoms with Gasteiger partial charge in [-0.15, -0.1) is 5.10 Å². The minimum Gasteiger partial charge on any atom is -0.484 e. The predicted octanol–water partition coefficient (Wildman–Crippen LogP) is 1.86. The lowest BCUT2D eigenvalue weighted by Gasteiger charge is -2.10. The monoisotopic (exact) mass is 395 g/mol. The highest BCUT2D eigenvalue weighted by molar-refractivity contribution is 5.77. The van der Waals surface area contributed by atoms with Crippen molar-refractivity contribution in [1.29, 1.82) is 0 Å². The Labute approximate surface area is 169 Å². The third kappa shape index (κ3) is 5.10. The van der Waals surface area contributed by atoms with Crippen LogP contribution in [0, 0.1) is 27.7 Å². The second-order valence-corrected chi connectivity index (χ2v) is 6.98. The molecule has 0 aliphatic rings. The minimum absolute atomic E-state index is 0.0867. The van der Waals surface area contributed by atoms with Crippen molar-refractivity contribution in [1.82, 2.24) is 24.9 Å². The first-order valence-corrected chi connectivity index (χ1v) is 9.42. The number of hydrogen-bond acceptors (Lipinski definition) is 5. The molecule has 0 fully saturated rings. The van der Waals surface area contributed by atoms with Gasteiger partial charge in [0.25, 0.3) is 11.5 Å². The van der Waals surface area contributed by atoms with Gasteiger partial charge in [-0.2, -0.15) is 5.10 Å². The molecule has 0 unspecified atom stereocenters. The Morgan fingerprint density at radius 2 is 1.83 bits per heavy atom. The maximum Gasteiger partial charge on any atom is 0.266 e. The number of ether oxygens (including phenoxy) is 1. The van der Waals surface area contributed by atoms with Crippen molar-refractivity contribution in [3.63, 3.8) is 0 Å². The maximum atomic E-state index is 12.1. The van der Waals surface area contributed by atoms with Crippen LogP contribution < -0.4 is 15.6 Å². The molecule has 2 aromatic heterocycles. The molecule has 0 spiro atoms. The Kier molecular flexibility index (Phi) is 6.11. The van der Waals surface area contributed by atoms with Crippen molar-refractivity contribution in [2.24, 2.45) is 0 Å². The van der Waals surface area contributed by atoms with E-state index in [0.29, 0.717) is 11.6 Å². The molecule has 2 heterocycles.